The van der Waals surface area contributed by atoms with Gasteiger partial charge in [-0.05, 0) is 55.3 Å². The number of hydrogen-bond acceptors (Lipinski definition) is 6. The maximum absolute atomic E-state index is 5.53. The largest absolute Gasteiger partial charge is 0.454 e. The minimum atomic E-state index is 0.312. The number of piperidine rings is 1. The average molecular weight is 413 g/mol. The summed E-state index contributed by atoms with van der Waals surface area (Å²) in [6.45, 7) is 3.25. The van der Waals surface area contributed by atoms with Gasteiger partial charge in [0.05, 0.1) is 0 Å². The van der Waals surface area contributed by atoms with Gasteiger partial charge in [-0.1, -0.05) is 12.1 Å². The monoisotopic (exact) mass is 413 g/mol. The molecular weight excluding hydrogens is 390 g/mol. The highest BCUT2D eigenvalue weighted by Gasteiger charge is 2.25. The van der Waals surface area contributed by atoms with Crippen LogP contribution in [-0.4, -0.2) is 44.4 Å². The van der Waals surface area contributed by atoms with Crippen LogP contribution in [-0.2, 0) is 6.54 Å². The molecule has 2 aliphatic heterocycles. The molecule has 1 fully saturated rings. The first-order chi connectivity index (χ1) is 15.3. The highest BCUT2D eigenvalue weighted by molar-refractivity contribution is 5.63. The standard InChI is InChI=1S/C24H23N5O2/c1-3-18(12-25-9-1)19-6-8-23-26-24(27-29(23)15-19)20-4-2-10-28(14-20)13-17-5-7-21-22(11-17)31-16-30-21/h1,3,5-9,11-12,15,20H,2,4,10,13-14,16H2/t20-/m1/s1. The van der Waals surface area contributed by atoms with Crippen LogP contribution in [0.1, 0.15) is 30.1 Å². The number of nitrogens with zero attached hydrogens (tertiary/aromatic N) is 5. The molecule has 0 saturated carbocycles. The number of aromatic nitrogens is 4. The second-order valence-electron chi connectivity index (χ2n) is 8.19. The van der Waals surface area contributed by atoms with E-state index in [1.165, 1.54) is 5.56 Å². The van der Waals surface area contributed by atoms with Crippen LogP contribution < -0.4 is 9.47 Å². The first kappa shape index (κ1) is 18.3. The summed E-state index contributed by atoms with van der Waals surface area (Å²) in [5, 5.41) is 4.83. The van der Waals surface area contributed by atoms with Gasteiger partial charge in [0.15, 0.2) is 23.0 Å². The van der Waals surface area contributed by atoms with Gasteiger partial charge in [0.1, 0.15) is 0 Å². The molecule has 0 aliphatic carbocycles. The lowest BCUT2D eigenvalue weighted by Crippen LogP contribution is -2.34. The van der Waals surface area contributed by atoms with Crippen LogP contribution in [0, 0.1) is 0 Å². The molecule has 7 heteroatoms. The molecular formula is C24H23N5O2. The minimum absolute atomic E-state index is 0.312. The third-order valence-electron chi connectivity index (χ3n) is 6.06. The summed E-state index contributed by atoms with van der Waals surface area (Å²) in [5.41, 5.74) is 4.30. The molecule has 3 aromatic heterocycles. The Morgan fingerprint density at radius 3 is 2.94 bits per heavy atom. The number of rotatable bonds is 4. The molecule has 156 valence electrons. The van der Waals surface area contributed by atoms with Crippen molar-refractivity contribution in [3.05, 3.63) is 72.4 Å². The molecule has 7 nitrogen and oxygen atoms in total. The van der Waals surface area contributed by atoms with Gasteiger partial charge < -0.3 is 9.47 Å². The van der Waals surface area contributed by atoms with E-state index in [0.717, 1.165) is 66.6 Å². The molecule has 1 atom stereocenters. The molecule has 6 rings (SSSR count). The van der Waals surface area contributed by atoms with Crippen molar-refractivity contribution in [2.24, 2.45) is 0 Å². The summed E-state index contributed by atoms with van der Waals surface area (Å²) < 4.78 is 12.8. The van der Waals surface area contributed by atoms with Crippen LogP contribution in [0.5, 0.6) is 11.5 Å². The molecule has 0 amide bonds. The van der Waals surface area contributed by atoms with Gasteiger partial charge in [-0.2, -0.15) is 5.10 Å². The fourth-order valence-electron chi connectivity index (χ4n) is 4.48. The number of benzene rings is 1. The zero-order valence-electron chi connectivity index (χ0n) is 17.1. The smallest absolute Gasteiger partial charge is 0.231 e. The van der Waals surface area contributed by atoms with Crippen molar-refractivity contribution in [1.82, 2.24) is 24.5 Å². The van der Waals surface area contributed by atoms with Crippen LogP contribution >= 0.6 is 0 Å². The Morgan fingerprint density at radius 1 is 1.03 bits per heavy atom. The quantitative estimate of drug-likeness (QED) is 0.506. The molecule has 0 bridgehead atoms. The Hall–Kier alpha value is -3.45. The van der Waals surface area contributed by atoms with E-state index in [2.05, 4.69) is 34.1 Å². The predicted molar refractivity (Wildman–Crippen MR) is 116 cm³/mol. The van der Waals surface area contributed by atoms with Crippen molar-refractivity contribution in [3.8, 4) is 22.6 Å². The van der Waals surface area contributed by atoms with Gasteiger partial charge in [0.25, 0.3) is 0 Å². The van der Waals surface area contributed by atoms with E-state index in [-0.39, 0.29) is 0 Å². The van der Waals surface area contributed by atoms with Crippen molar-refractivity contribution in [1.29, 1.82) is 0 Å². The fourth-order valence-corrected chi connectivity index (χ4v) is 4.48. The summed E-state index contributed by atoms with van der Waals surface area (Å²) in [4.78, 5) is 11.5. The third-order valence-corrected chi connectivity index (χ3v) is 6.06. The highest BCUT2D eigenvalue weighted by Crippen LogP contribution is 2.33. The Morgan fingerprint density at radius 2 is 2.00 bits per heavy atom. The molecule has 0 unspecified atom stereocenters. The van der Waals surface area contributed by atoms with Crippen LogP contribution in [0.4, 0.5) is 0 Å². The van der Waals surface area contributed by atoms with Crippen molar-refractivity contribution in [3.63, 3.8) is 0 Å². The summed E-state index contributed by atoms with van der Waals surface area (Å²) in [6, 6.07) is 14.3. The molecule has 5 heterocycles. The zero-order chi connectivity index (χ0) is 20.6. The molecule has 1 saturated heterocycles. The van der Waals surface area contributed by atoms with Crippen LogP contribution in [0.3, 0.4) is 0 Å². The Kier molecular flexibility index (Phi) is 4.53. The van der Waals surface area contributed by atoms with E-state index >= 15 is 0 Å². The van der Waals surface area contributed by atoms with E-state index in [0.29, 0.717) is 12.7 Å². The molecule has 1 aromatic carbocycles. The summed E-state index contributed by atoms with van der Waals surface area (Å²) in [7, 11) is 0. The maximum Gasteiger partial charge on any atom is 0.231 e. The SMILES string of the molecule is c1cncc(-c2ccc3nc([C@@H]4CCCN(Cc5ccc6c(c5)OCO6)C4)nn3c2)c1. The van der Waals surface area contributed by atoms with Crippen LogP contribution in [0.2, 0.25) is 0 Å². The van der Waals surface area contributed by atoms with Gasteiger partial charge in [-0.3, -0.25) is 9.88 Å². The van der Waals surface area contributed by atoms with E-state index in [4.69, 9.17) is 19.6 Å². The summed E-state index contributed by atoms with van der Waals surface area (Å²) in [5.74, 6) is 2.94. The van der Waals surface area contributed by atoms with Gasteiger partial charge in [-0.15, -0.1) is 0 Å². The predicted octanol–water partition coefficient (Wildman–Crippen LogP) is 3.90. The average Bonchev–Trinajstić information content (AvgIpc) is 3.46. The van der Waals surface area contributed by atoms with Crippen molar-refractivity contribution in [2.45, 2.75) is 25.3 Å². The lowest BCUT2D eigenvalue weighted by atomic mass is 9.97. The maximum atomic E-state index is 5.53. The Bertz CT molecular complexity index is 1220. The molecule has 31 heavy (non-hydrogen) atoms. The van der Waals surface area contributed by atoms with Crippen molar-refractivity contribution < 1.29 is 9.47 Å². The first-order valence-electron chi connectivity index (χ1n) is 10.7. The minimum Gasteiger partial charge on any atom is -0.454 e. The molecule has 4 aromatic rings. The summed E-state index contributed by atoms with van der Waals surface area (Å²) >= 11 is 0. The van der Waals surface area contributed by atoms with E-state index in [1.807, 2.05) is 35.1 Å². The second-order valence-corrected chi connectivity index (χ2v) is 8.19. The number of ether oxygens (including phenoxy) is 2. The third kappa shape index (κ3) is 3.61. The molecule has 0 radical (unpaired) electrons. The topological polar surface area (TPSA) is 64.8 Å². The lowest BCUT2D eigenvalue weighted by Gasteiger charge is -2.31. The van der Waals surface area contributed by atoms with E-state index in [9.17, 15) is 0 Å². The van der Waals surface area contributed by atoms with Gasteiger partial charge in [0.2, 0.25) is 6.79 Å². The zero-order valence-corrected chi connectivity index (χ0v) is 17.1. The van der Waals surface area contributed by atoms with Crippen LogP contribution in [0.25, 0.3) is 16.8 Å². The number of pyridine rings is 2. The molecule has 2 aliphatic rings. The summed E-state index contributed by atoms with van der Waals surface area (Å²) in [6.07, 6.45) is 7.95. The number of hydrogen-bond donors (Lipinski definition) is 0. The van der Waals surface area contributed by atoms with E-state index < -0.39 is 0 Å². The number of likely N-dealkylation sites (tertiary alicyclic amines) is 1. The molecule has 0 N–H and O–H groups in total. The van der Waals surface area contributed by atoms with Gasteiger partial charge >= 0.3 is 0 Å². The van der Waals surface area contributed by atoms with Crippen LogP contribution in [0.15, 0.2) is 61.1 Å². The van der Waals surface area contributed by atoms with Crippen molar-refractivity contribution >= 4 is 5.65 Å². The van der Waals surface area contributed by atoms with Gasteiger partial charge in [0, 0.05) is 48.7 Å². The fraction of sp³-hybridized carbons (Fsp3) is 0.292. The Balaban J connectivity index is 1.20. The highest BCUT2D eigenvalue weighted by atomic mass is 16.7. The molecule has 0 spiro atoms. The van der Waals surface area contributed by atoms with Gasteiger partial charge in [-0.25, -0.2) is 9.50 Å². The van der Waals surface area contributed by atoms with E-state index in [1.54, 1.807) is 6.20 Å². The van der Waals surface area contributed by atoms with Crippen molar-refractivity contribution in [2.75, 3.05) is 19.9 Å². The normalized spacial score (nSPS) is 18.5. The first-order valence-corrected chi connectivity index (χ1v) is 10.7. The number of fused-ring (bicyclic) bond motifs is 2. The second kappa shape index (κ2) is 7.67. The Labute approximate surface area is 180 Å². The lowest BCUT2D eigenvalue weighted by molar-refractivity contribution is 0.173.